The van der Waals surface area contributed by atoms with E-state index < -0.39 is 0 Å². The molecule has 0 aliphatic heterocycles. The van der Waals surface area contributed by atoms with Crippen LogP contribution >= 0.6 is 0 Å². The van der Waals surface area contributed by atoms with Gasteiger partial charge >= 0.3 is 0 Å². The number of rotatable bonds is 2. The van der Waals surface area contributed by atoms with Crippen LogP contribution in [-0.2, 0) is 4.79 Å². The lowest BCUT2D eigenvalue weighted by Crippen LogP contribution is -2.07. The number of halogens is 1. The topological polar surface area (TPSA) is 33.2 Å². The van der Waals surface area contributed by atoms with Crippen molar-refractivity contribution in [3.8, 4) is 0 Å². The monoisotopic (exact) mass is 140 g/mol. The predicted molar refractivity (Wildman–Crippen MR) is 33.9 cm³/mol. The van der Waals surface area contributed by atoms with Crippen molar-refractivity contribution in [2.45, 2.75) is 0 Å². The number of nitrogens with zero attached hydrogens (tertiary/aromatic N) is 2. The summed E-state index contributed by atoms with van der Waals surface area (Å²) in [4.78, 5) is 13.5. The molecule has 0 aliphatic rings. The SMILES string of the molecule is O=CN(F)c1ccncc1. The number of amides is 1. The highest BCUT2D eigenvalue weighted by Gasteiger charge is 1.98. The highest BCUT2D eigenvalue weighted by atomic mass is 19.2. The van der Waals surface area contributed by atoms with Crippen LogP contribution in [0.1, 0.15) is 0 Å². The largest absolute Gasteiger partial charge is 0.276 e. The van der Waals surface area contributed by atoms with E-state index in [0.717, 1.165) is 0 Å². The maximum Gasteiger partial charge on any atom is 0.242 e. The first-order chi connectivity index (χ1) is 4.84. The first kappa shape index (κ1) is 6.67. The molecule has 1 aromatic rings. The molecule has 0 radical (unpaired) electrons. The zero-order valence-corrected chi connectivity index (χ0v) is 5.07. The molecule has 0 unspecified atom stereocenters. The van der Waals surface area contributed by atoms with E-state index in [1.54, 1.807) is 0 Å². The van der Waals surface area contributed by atoms with E-state index in [2.05, 4.69) is 4.98 Å². The number of aromatic nitrogens is 1. The van der Waals surface area contributed by atoms with Gasteiger partial charge in [0.05, 0.1) is 5.69 Å². The molecule has 4 heteroatoms. The molecular formula is C6H5FN2O. The highest BCUT2D eigenvalue weighted by Crippen LogP contribution is 2.08. The van der Waals surface area contributed by atoms with Gasteiger partial charge in [0.1, 0.15) is 0 Å². The minimum absolute atomic E-state index is 0.0122. The summed E-state index contributed by atoms with van der Waals surface area (Å²) in [6.45, 7) is 0. The van der Waals surface area contributed by atoms with Crippen molar-refractivity contribution in [2.75, 3.05) is 5.12 Å². The Bertz CT molecular complexity index is 214. The molecular weight excluding hydrogens is 135 g/mol. The molecule has 1 heterocycles. The summed E-state index contributed by atoms with van der Waals surface area (Å²) in [5.41, 5.74) is 0.185. The fourth-order valence-electron chi connectivity index (χ4n) is 0.547. The number of carbonyl (C=O) groups excluding carboxylic acids is 1. The lowest BCUT2D eigenvalue weighted by molar-refractivity contribution is -0.109. The van der Waals surface area contributed by atoms with Gasteiger partial charge in [0, 0.05) is 12.4 Å². The second-order valence-corrected chi connectivity index (χ2v) is 1.62. The van der Waals surface area contributed by atoms with Gasteiger partial charge in [0.25, 0.3) is 0 Å². The van der Waals surface area contributed by atoms with Gasteiger partial charge in [-0.3, -0.25) is 9.78 Å². The molecule has 0 aliphatic carbocycles. The van der Waals surface area contributed by atoms with Gasteiger partial charge in [-0.15, -0.1) is 5.12 Å². The maximum absolute atomic E-state index is 12.3. The molecule has 0 aromatic carbocycles. The Balaban J connectivity index is 2.84. The standard InChI is InChI=1S/C6H5FN2O/c7-9(5-10)6-1-3-8-4-2-6/h1-5H. The summed E-state index contributed by atoms with van der Waals surface area (Å²) in [5, 5.41) is -0.0122. The zero-order valence-electron chi connectivity index (χ0n) is 5.07. The Morgan fingerprint density at radius 2 is 2.10 bits per heavy atom. The van der Waals surface area contributed by atoms with Crippen LogP contribution in [0.4, 0.5) is 10.2 Å². The smallest absolute Gasteiger partial charge is 0.242 e. The van der Waals surface area contributed by atoms with E-state index in [1.165, 1.54) is 24.5 Å². The first-order valence-electron chi connectivity index (χ1n) is 2.65. The van der Waals surface area contributed by atoms with Crippen molar-refractivity contribution in [1.82, 2.24) is 4.98 Å². The van der Waals surface area contributed by atoms with Crippen LogP contribution in [0.5, 0.6) is 0 Å². The van der Waals surface area contributed by atoms with Crippen molar-refractivity contribution < 1.29 is 9.28 Å². The average Bonchev–Trinajstić information content (AvgIpc) is 2.05. The fraction of sp³-hybridized carbons (Fsp3) is 0. The Morgan fingerprint density at radius 3 is 2.60 bits per heavy atom. The van der Waals surface area contributed by atoms with Gasteiger partial charge in [0.15, 0.2) is 0 Å². The summed E-state index contributed by atoms with van der Waals surface area (Å²) in [5.74, 6) is 0. The van der Waals surface area contributed by atoms with Gasteiger partial charge in [0.2, 0.25) is 6.41 Å². The van der Waals surface area contributed by atoms with E-state index >= 15 is 0 Å². The molecule has 0 N–H and O–H groups in total. The molecule has 0 saturated heterocycles. The Kier molecular flexibility index (Phi) is 1.94. The third kappa shape index (κ3) is 1.28. The molecule has 52 valence electrons. The molecule has 0 spiro atoms. The van der Waals surface area contributed by atoms with Crippen molar-refractivity contribution in [3.05, 3.63) is 24.5 Å². The Morgan fingerprint density at radius 1 is 1.50 bits per heavy atom. The number of hydrogen-bond donors (Lipinski definition) is 0. The van der Waals surface area contributed by atoms with Gasteiger partial charge in [-0.1, -0.05) is 4.48 Å². The molecule has 10 heavy (non-hydrogen) atoms. The first-order valence-corrected chi connectivity index (χ1v) is 2.65. The molecule has 1 aromatic heterocycles. The lowest BCUT2D eigenvalue weighted by Gasteiger charge is -2.01. The van der Waals surface area contributed by atoms with Gasteiger partial charge in [-0.2, -0.15) is 0 Å². The average molecular weight is 140 g/mol. The lowest BCUT2D eigenvalue weighted by atomic mass is 10.4. The van der Waals surface area contributed by atoms with E-state index in [0.29, 0.717) is 0 Å². The summed E-state index contributed by atoms with van der Waals surface area (Å²) in [6, 6.07) is 2.79. The van der Waals surface area contributed by atoms with Crippen molar-refractivity contribution in [1.29, 1.82) is 0 Å². The van der Waals surface area contributed by atoms with Crippen LogP contribution in [0, 0.1) is 0 Å². The van der Waals surface area contributed by atoms with E-state index in [4.69, 9.17) is 0 Å². The summed E-state index contributed by atoms with van der Waals surface area (Å²) in [7, 11) is 0. The van der Waals surface area contributed by atoms with Gasteiger partial charge in [-0.25, -0.2) is 0 Å². The fourth-order valence-corrected chi connectivity index (χ4v) is 0.547. The minimum Gasteiger partial charge on any atom is -0.276 e. The number of hydrogen-bond acceptors (Lipinski definition) is 2. The number of anilines is 1. The number of carbonyl (C=O) groups is 1. The molecule has 3 nitrogen and oxygen atoms in total. The minimum atomic E-state index is -0.0122. The molecule has 1 rings (SSSR count). The molecule has 0 saturated carbocycles. The molecule has 0 atom stereocenters. The summed E-state index contributed by atoms with van der Waals surface area (Å²) in [6.07, 6.45) is 2.91. The van der Waals surface area contributed by atoms with Gasteiger partial charge < -0.3 is 0 Å². The quantitative estimate of drug-likeness (QED) is 0.452. The predicted octanol–water partition coefficient (Wildman–Crippen LogP) is 0.929. The van der Waals surface area contributed by atoms with E-state index in [1.807, 2.05) is 0 Å². The van der Waals surface area contributed by atoms with Crippen LogP contribution in [-0.4, -0.2) is 11.4 Å². The number of pyridine rings is 1. The van der Waals surface area contributed by atoms with Crippen LogP contribution in [0.3, 0.4) is 0 Å². The molecule has 0 bridgehead atoms. The van der Waals surface area contributed by atoms with E-state index in [9.17, 15) is 9.28 Å². The maximum atomic E-state index is 12.3. The van der Waals surface area contributed by atoms with E-state index in [-0.39, 0.29) is 17.2 Å². The van der Waals surface area contributed by atoms with Crippen molar-refractivity contribution >= 4 is 12.1 Å². The Hall–Kier alpha value is -1.45. The Labute approximate surface area is 57.0 Å². The van der Waals surface area contributed by atoms with Crippen molar-refractivity contribution in [2.24, 2.45) is 0 Å². The second kappa shape index (κ2) is 2.91. The van der Waals surface area contributed by atoms with Crippen LogP contribution < -0.4 is 5.12 Å². The van der Waals surface area contributed by atoms with Crippen LogP contribution in [0.2, 0.25) is 0 Å². The van der Waals surface area contributed by atoms with Crippen LogP contribution in [0.15, 0.2) is 24.5 Å². The normalized spacial score (nSPS) is 8.90. The second-order valence-electron chi connectivity index (χ2n) is 1.62. The molecule has 0 fully saturated rings. The van der Waals surface area contributed by atoms with Crippen molar-refractivity contribution in [3.63, 3.8) is 0 Å². The zero-order chi connectivity index (χ0) is 7.40. The third-order valence-electron chi connectivity index (χ3n) is 1.00. The summed E-state index contributed by atoms with van der Waals surface area (Å²) >= 11 is 0. The molecule has 1 amide bonds. The summed E-state index contributed by atoms with van der Waals surface area (Å²) < 4.78 is 12.3. The third-order valence-corrected chi connectivity index (χ3v) is 1.00. The van der Waals surface area contributed by atoms with Crippen LogP contribution in [0.25, 0.3) is 0 Å². The highest BCUT2D eigenvalue weighted by molar-refractivity contribution is 5.71. The van der Waals surface area contributed by atoms with Gasteiger partial charge in [-0.05, 0) is 12.1 Å².